The van der Waals surface area contributed by atoms with Crippen LogP contribution >= 0.6 is 27.5 Å². The molecule has 0 unspecified atom stereocenters. The molecule has 2 aromatic rings. The molecule has 1 spiro atoms. The number of nitriles is 1. The van der Waals surface area contributed by atoms with Crippen LogP contribution in [0.3, 0.4) is 0 Å². The van der Waals surface area contributed by atoms with Crippen molar-refractivity contribution in [3.05, 3.63) is 51.1 Å². The predicted octanol–water partition coefficient (Wildman–Crippen LogP) is 5.09. The van der Waals surface area contributed by atoms with Gasteiger partial charge in [0.15, 0.2) is 0 Å². The summed E-state index contributed by atoms with van der Waals surface area (Å²) in [4.78, 5) is 6.99. The maximum absolute atomic E-state index is 9.40. The quantitative estimate of drug-likeness (QED) is 0.678. The second-order valence-corrected chi connectivity index (χ2v) is 8.40. The van der Waals surface area contributed by atoms with Crippen LogP contribution in [0.4, 0.5) is 5.82 Å². The van der Waals surface area contributed by atoms with Crippen molar-refractivity contribution in [1.29, 1.82) is 5.26 Å². The Kier molecular flexibility index (Phi) is 4.58. The molecule has 4 rings (SSSR count). The first kappa shape index (κ1) is 17.6. The molecule has 2 atom stereocenters. The van der Waals surface area contributed by atoms with Gasteiger partial charge in [0.05, 0.1) is 22.7 Å². The minimum absolute atomic E-state index is 0.0733. The molecule has 2 aliphatic rings. The summed E-state index contributed by atoms with van der Waals surface area (Å²) in [6.07, 6.45) is 4.54. The Morgan fingerprint density at radius 3 is 2.85 bits per heavy atom. The fraction of sp³-hybridized carbons (Fsp3) is 0.400. The molecular weight excluding hydrogens is 414 g/mol. The van der Waals surface area contributed by atoms with Crippen molar-refractivity contribution in [1.82, 2.24) is 4.98 Å². The van der Waals surface area contributed by atoms with Crippen LogP contribution in [0.25, 0.3) is 0 Å². The molecule has 1 aromatic heterocycles. The Morgan fingerprint density at radius 2 is 2.19 bits per heavy atom. The topological polar surface area (TPSA) is 49.1 Å². The Bertz CT molecular complexity index is 880. The molecule has 1 fully saturated rings. The fourth-order valence-corrected chi connectivity index (χ4v) is 5.01. The van der Waals surface area contributed by atoms with Gasteiger partial charge in [-0.25, -0.2) is 4.98 Å². The monoisotopic (exact) mass is 431 g/mol. The number of aromatic nitrogens is 1. The van der Waals surface area contributed by atoms with Crippen LogP contribution in [-0.2, 0) is 12.0 Å². The molecule has 26 heavy (non-hydrogen) atoms. The van der Waals surface area contributed by atoms with Gasteiger partial charge in [-0.1, -0.05) is 23.7 Å². The molecule has 1 aliphatic heterocycles. The number of nitrogens with zero attached hydrogens (tertiary/aromatic N) is 3. The number of fused-ring (bicyclic) bond motifs is 2. The zero-order chi connectivity index (χ0) is 18.3. The first-order valence-electron chi connectivity index (χ1n) is 8.68. The lowest BCUT2D eigenvalue weighted by Gasteiger charge is -2.26. The van der Waals surface area contributed by atoms with Gasteiger partial charge in [0.1, 0.15) is 11.6 Å². The smallest absolute Gasteiger partial charge is 0.134 e. The van der Waals surface area contributed by atoms with Crippen molar-refractivity contribution < 1.29 is 4.74 Å². The summed E-state index contributed by atoms with van der Waals surface area (Å²) in [5, 5.41) is 10.1. The molecule has 2 heterocycles. The number of ether oxygens (including phenoxy) is 1. The van der Waals surface area contributed by atoms with Crippen LogP contribution in [0.1, 0.15) is 30.4 Å². The van der Waals surface area contributed by atoms with Gasteiger partial charge in [-0.3, -0.25) is 0 Å². The summed E-state index contributed by atoms with van der Waals surface area (Å²) in [6, 6.07) is 10.6. The van der Waals surface area contributed by atoms with E-state index >= 15 is 0 Å². The van der Waals surface area contributed by atoms with Crippen molar-refractivity contribution in [3.8, 4) is 11.8 Å². The molecular formula is C20H19BrClN3O. The normalized spacial score (nSPS) is 23.9. The number of hydrogen-bond donors (Lipinski definition) is 0. The molecule has 4 nitrogen and oxygen atoms in total. The molecule has 134 valence electrons. The summed E-state index contributed by atoms with van der Waals surface area (Å²) < 4.78 is 6.07. The first-order chi connectivity index (χ1) is 12.6. The molecule has 0 N–H and O–H groups in total. The fourth-order valence-electron chi connectivity index (χ4n) is 4.37. The van der Waals surface area contributed by atoms with Gasteiger partial charge in [0.2, 0.25) is 0 Å². The molecule has 0 bridgehead atoms. The van der Waals surface area contributed by atoms with Crippen LogP contribution in [0.2, 0.25) is 5.02 Å². The first-order valence-corrected chi connectivity index (χ1v) is 9.85. The van der Waals surface area contributed by atoms with Gasteiger partial charge in [-0.15, -0.1) is 0 Å². The van der Waals surface area contributed by atoms with E-state index < -0.39 is 0 Å². The lowest BCUT2D eigenvalue weighted by atomic mass is 9.80. The van der Waals surface area contributed by atoms with Crippen LogP contribution in [0, 0.1) is 17.2 Å². The van der Waals surface area contributed by atoms with Crippen molar-refractivity contribution in [2.24, 2.45) is 5.92 Å². The highest BCUT2D eigenvalue weighted by atomic mass is 79.9. The third kappa shape index (κ3) is 2.86. The number of anilines is 1. The third-order valence-electron chi connectivity index (χ3n) is 5.60. The number of methoxy groups -OCH3 is 1. The van der Waals surface area contributed by atoms with E-state index in [0.717, 1.165) is 59.0 Å². The van der Waals surface area contributed by atoms with Gasteiger partial charge in [0.25, 0.3) is 0 Å². The van der Waals surface area contributed by atoms with Gasteiger partial charge < -0.3 is 9.64 Å². The number of hydrogen-bond acceptors (Lipinski definition) is 4. The van der Waals surface area contributed by atoms with E-state index in [9.17, 15) is 5.26 Å². The van der Waals surface area contributed by atoms with Gasteiger partial charge in [-0.05, 0) is 52.9 Å². The lowest BCUT2D eigenvalue weighted by molar-refractivity contribution is 0.414. The molecule has 1 aromatic carbocycles. The Balaban J connectivity index is 1.70. The summed E-state index contributed by atoms with van der Waals surface area (Å²) in [5.41, 5.74) is 2.24. The number of rotatable bonds is 3. The Morgan fingerprint density at radius 1 is 1.42 bits per heavy atom. The van der Waals surface area contributed by atoms with Crippen molar-refractivity contribution in [2.75, 3.05) is 18.6 Å². The van der Waals surface area contributed by atoms with E-state index in [4.69, 9.17) is 16.3 Å². The summed E-state index contributed by atoms with van der Waals surface area (Å²) in [5.74, 6) is 1.90. The zero-order valence-corrected chi connectivity index (χ0v) is 16.8. The molecule has 1 aliphatic carbocycles. The Hall–Kier alpha value is -1.77. The maximum Gasteiger partial charge on any atom is 0.134 e. The molecule has 0 saturated heterocycles. The minimum atomic E-state index is -0.0733. The largest absolute Gasteiger partial charge is 0.497 e. The van der Waals surface area contributed by atoms with Gasteiger partial charge >= 0.3 is 0 Å². The maximum atomic E-state index is 9.40. The third-order valence-corrected chi connectivity index (χ3v) is 6.82. The van der Waals surface area contributed by atoms with E-state index in [-0.39, 0.29) is 11.3 Å². The number of benzene rings is 1. The number of halogens is 2. The minimum Gasteiger partial charge on any atom is -0.497 e. The van der Waals surface area contributed by atoms with E-state index in [0.29, 0.717) is 0 Å². The van der Waals surface area contributed by atoms with Crippen LogP contribution in [0.5, 0.6) is 5.75 Å². The molecule has 0 radical (unpaired) electrons. The highest BCUT2D eigenvalue weighted by Crippen LogP contribution is 2.55. The Labute approximate surface area is 166 Å². The van der Waals surface area contributed by atoms with Crippen molar-refractivity contribution >= 4 is 33.3 Å². The van der Waals surface area contributed by atoms with Gasteiger partial charge in [0, 0.05) is 36.2 Å². The van der Waals surface area contributed by atoms with Crippen LogP contribution in [0.15, 0.2) is 34.9 Å². The molecule has 1 saturated carbocycles. The molecule has 6 heteroatoms. The van der Waals surface area contributed by atoms with Crippen LogP contribution in [-0.4, -0.2) is 18.6 Å². The number of pyridine rings is 1. The average molecular weight is 433 g/mol. The van der Waals surface area contributed by atoms with E-state index in [1.165, 1.54) is 5.56 Å². The van der Waals surface area contributed by atoms with Crippen LogP contribution < -0.4 is 9.64 Å². The van der Waals surface area contributed by atoms with E-state index in [1.807, 2.05) is 12.1 Å². The second-order valence-electron chi connectivity index (χ2n) is 7.17. The van der Waals surface area contributed by atoms with Crippen molar-refractivity contribution in [3.63, 3.8) is 0 Å². The molecule has 0 amide bonds. The van der Waals surface area contributed by atoms with Gasteiger partial charge in [-0.2, -0.15) is 5.26 Å². The summed E-state index contributed by atoms with van der Waals surface area (Å²) in [7, 11) is 1.67. The predicted molar refractivity (Wildman–Crippen MR) is 106 cm³/mol. The average Bonchev–Trinajstić information content (AvgIpc) is 3.21. The standard InChI is InChI=1S/C20H19BrClN3O/c1-26-15-4-2-13(3-5-15)11-25-12-20(7-6-14(8-20)9-23)17-18(22)16(21)10-24-19(17)25/h2-5,10,14H,6-8,11-12H2,1H3/t14-,20+/m1/s1. The highest BCUT2D eigenvalue weighted by Gasteiger charge is 2.50. The SMILES string of the molecule is COc1ccc(CN2C[C@@]3(CC[C@@H](C#N)C3)c3c2ncc(Br)c3Cl)cc1. The summed E-state index contributed by atoms with van der Waals surface area (Å²) in [6.45, 7) is 1.62. The van der Waals surface area contributed by atoms with E-state index in [2.05, 4.69) is 44.0 Å². The van der Waals surface area contributed by atoms with E-state index in [1.54, 1.807) is 13.3 Å². The zero-order valence-electron chi connectivity index (χ0n) is 14.5. The summed E-state index contributed by atoms with van der Waals surface area (Å²) >= 11 is 10.2. The highest BCUT2D eigenvalue weighted by molar-refractivity contribution is 9.10. The lowest BCUT2D eigenvalue weighted by Crippen LogP contribution is -2.31. The van der Waals surface area contributed by atoms with Crippen molar-refractivity contribution in [2.45, 2.75) is 31.2 Å². The second kappa shape index (κ2) is 6.75.